The molecule has 1 spiro atoms. The lowest BCUT2D eigenvalue weighted by Gasteiger charge is -2.61. The summed E-state index contributed by atoms with van der Waals surface area (Å²) in [6.07, 6.45) is 11.5. The molecule has 14 nitrogen and oxygen atoms in total. The Hall–Kier alpha value is -3.94. The third-order valence-corrected chi connectivity index (χ3v) is 13.9. The fourth-order valence-corrected chi connectivity index (χ4v) is 11.4. The third kappa shape index (κ3) is 7.77. The Bertz CT molecular complexity index is 1640. The lowest BCUT2D eigenvalue weighted by Crippen LogP contribution is -2.58. The van der Waals surface area contributed by atoms with Crippen LogP contribution >= 0.6 is 0 Å². The van der Waals surface area contributed by atoms with Crippen molar-refractivity contribution in [3.8, 4) is 0 Å². The van der Waals surface area contributed by atoms with Crippen LogP contribution in [0.3, 0.4) is 0 Å². The Morgan fingerprint density at radius 1 is 0.981 bits per heavy atom. The van der Waals surface area contributed by atoms with Gasteiger partial charge in [0.05, 0.1) is 6.26 Å². The number of rotatable bonds is 16. The predicted molar refractivity (Wildman–Crippen MR) is 197 cm³/mol. The Labute approximate surface area is 316 Å². The highest BCUT2D eigenvalue weighted by Gasteiger charge is 2.84. The molecule has 6 rings (SSSR count). The molecular formula is C40H58N4O10. The number of carboxylic acid groups (broad SMARTS) is 1. The number of epoxide rings is 1. The van der Waals surface area contributed by atoms with E-state index in [1.807, 2.05) is 6.07 Å². The number of carbonyl (C=O) groups is 4. The van der Waals surface area contributed by atoms with Crippen LogP contribution in [-0.4, -0.2) is 71.4 Å². The van der Waals surface area contributed by atoms with E-state index in [1.54, 1.807) is 0 Å². The lowest BCUT2D eigenvalue weighted by atomic mass is 9.44. The quantitative estimate of drug-likeness (QED) is 0.0609. The van der Waals surface area contributed by atoms with Crippen LogP contribution in [0, 0.1) is 28.6 Å². The fourth-order valence-electron chi connectivity index (χ4n) is 11.4. The smallest absolute Gasteiger partial charge is 0.335 e. The molecule has 1 aromatic rings. The number of aliphatic imine (C=N–C) groups is 1. The molecule has 0 bridgehead atoms. The van der Waals surface area contributed by atoms with Crippen molar-refractivity contribution in [3.63, 3.8) is 0 Å². The van der Waals surface area contributed by atoms with Gasteiger partial charge in [0, 0.05) is 43.7 Å². The van der Waals surface area contributed by atoms with Gasteiger partial charge in [0.25, 0.3) is 0 Å². The zero-order valence-electron chi connectivity index (χ0n) is 31.9. The van der Waals surface area contributed by atoms with E-state index in [4.69, 9.17) is 30.1 Å². The maximum Gasteiger partial charge on any atom is 0.335 e. The Morgan fingerprint density at radius 2 is 1.74 bits per heavy atom. The molecule has 0 aromatic carbocycles. The average molecular weight is 755 g/mol. The highest BCUT2D eigenvalue weighted by molar-refractivity contribution is 5.83. The topological polar surface area (TPSA) is 226 Å². The zero-order valence-corrected chi connectivity index (χ0v) is 31.9. The molecule has 5 fully saturated rings. The predicted octanol–water partition coefficient (Wildman–Crippen LogP) is 4.31. The van der Waals surface area contributed by atoms with E-state index in [0.717, 1.165) is 63.4 Å². The molecule has 2 heterocycles. The normalized spacial score (nSPS) is 35.2. The summed E-state index contributed by atoms with van der Waals surface area (Å²) in [6.45, 7) is 6.45. The minimum Gasteiger partial charge on any atom is -0.480 e. The molecule has 4 saturated carbocycles. The molecule has 0 radical (unpaired) electrons. The van der Waals surface area contributed by atoms with E-state index in [-0.39, 0.29) is 65.6 Å². The maximum absolute atomic E-state index is 12.9. The van der Waals surface area contributed by atoms with E-state index in [2.05, 4.69) is 24.2 Å². The van der Waals surface area contributed by atoms with Crippen molar-refractivity contribution < 1.29 is 42.9 Å². The van der Waals surface area contributed by atoms with Gasteiger partial charge in [-0.3, -0.25) is 19.4 Å². The first-order chi connectivity index (χ1) is 25.7. The van der Waals surface area contributed by atoms with E-state index in [9.17, 15) is 29.1 Å². The first-order valence-corrected chi connectivity index (χ1v) is 19.9. The highest BCUT2D eigenvalue weighted by Crippen LogP contribution is 2.78. The van der Waals surface area contributed by atoms with Crippen molar-refractivity contribution >= 4 is 29.8 Å². The number of hydrogen-bond donors (Lipinski definition) is 4. The number of guanidine groups is 1. The summed E-state index contributed by atoms with van der Waals surface area (Å²) in [4.78, 5) is 64.7. The molecule has 1 aromatic heterocycles. The van der Waals surface area contributed by atoms with Crippen molar-refractivity contribution in [2.75, 3.05) is 6.54 Å². The van der Waals surface area contributed by atoms with Crippen molar-refractivity contribution in [1.29, 1.82) is 0 Å². The van der Waals surface area contributed by atoms with Crippen molar-refractivity contribution in [2.24, 2.45) is 45.0 Å². The second kappa shape index (κ2) is 16.0. The molecule has 298 valence electrons. The van der Waals surface area contributed by atoms with Crippen LogP contribution in [0.15, 0.2) is 32.6 Å². The molecule has 6 N–H and O–H groups in total. The first kappa shape index (κ1) is 39.7. The summed E-state index contributed by atoms with van der Waals surface area (Å²) in [7, 11) is 0. The molecule has 54 heavy (non-hydrogen) atoms. The van der Waals surface area contributed by atoms with Gasteiger partial charge in [-0.2, -0.15) is 0 Å². The zero-order chi connectivity index (χ0) is 38.8. The fraction of sp³-hybridized carbons (Fsp3) is 0.750. The van der Waals surface area contributed by atoms with Crippen molar-refractivity contribution in [2.45, 2.75) is 153 Å². The van der Waals surface area contributed by atoms with Crippen LogP contribution < -0.4 is 22.4 Å². The Kier molecular flexibility index (Phi) is 11.8. The van der Waals surface area contributed by atoms with Crippen molar-refractivity contribution in [3.05, 3.63) is 34.4 Å². The number of nitrogens with zero attached hydrogens (tertiary/aromatic N) is 1. The van der Waals surface area contributed by atoms with Crippen LogP contribution in [0.25, 0.3) is 0 Å². The third-order valence-electron chi connectivity index (χ3n) is 13.9. The molecule has 5 aliphatic rings. The minimum absolute atomic E-state index is 0.0556. The largest absolute Gasteiger partial charge is 0.480 e. The number of fused-ring (bicyclic) bond motifs is 3. The van der Waals surface area contributed by atoms with Crippen LogP contribution in [0.5, 0.6) is 0 Å². The van der Waals surface area contributed by atoms with Gasteiger partial charge in [-0.25, -0.2) is 9.59 Å². The van der Waals surface area contributed by atoms with E-state index in [1.165, 1.54) is 19.3 Å². The molecule has 1 saturated heterocycles. The van der Waals surface area contributed by atoms with E-state index < -0.39 is 29.3 Å². The molecule has 1 aliphatic heterocycles. The lowest BCUT2D eigenvalue weighted by molar-refractivity contribution is -0.168. The first-order valence-electron chi connectivity index (χ1n) is 19.9. The number of carboxylic acids is 1. The van der Waals surface area contributed by atoms with Crippen LogP contribution in [0.2, 0.25) is 0 Å². The van der Waals surface area contributed by atoms with Gasteiger partial charge < -0.3 is 40.5 Å². The number of carbonyl (C=O) groups excluding carboxylic acids is 3. The Balaban J connectivity index is 0.952. The van der Waals surface area contributed by atoms with Gasteiger partial charge in [0.15, 0.2) is 5.96 Å². The van der Waals surface area contributed by atoms with Gasteiger partial charge in [0.2, 0.25) is 5.91 Å². The van der Waals surface area contributed by atoms with Gasteiger partial charge in [-0.1, -0.05) is 26.7 Å². The molecule has 11 atom stereocenters. The van der Waals surface area contributed by atoms with Gasteiger partial charge >= 0.3 is 23.5 Å². The van der Waals surface area contributed by atoms with Gasteiger partial charge in [0.1, 0.15) is 30.0 Å². The molecule has 1 amide bonds. The number of aliphatic carboxylic acids is 1. The Morgan fingerprint density at radius 3 is 2.43 bits per heavy atom. The summed E-state index contributed by atoms with van der Waals surface area (Å²) in [5.74, 6) is -0.874. The standard InChI is InChI=1S/C40H58N4O10/c1-23(45)52-34-33(24-12-15-31(47)51-22-24)39(3)19-17-27-28(40(39)35(34)54-40)14-13-25-21-26(16-18-38(25,27)2)53-32(48)11-7-5-4-6-10-30(46)44-29(36(49)50)9-8-20-43-37(41)42/h12,15,22,25-29,33-35H,4-11,13-14,16-21H2,1-3H3,(H,44,46)(H,49,50)(H4,41,42,43)/t25-,26+,27+,28-,29+,33+,34-,35-,38+,39-,40-/m1/s1. The number of nitrogens with two attached hydrogens (primary N) is 2. The number of ether oxygens (including phenoxy) is 3. The second-order valence-electron chi connectivity index (χ2n) is 16.9. The van der Waals surface area contributed by atoms with E-state index in [0.29, 0.717) is 50.0 Å². The minimum atomic E-state index is -1.09. The summed E-state index contributed by atoms with van der Waals surface area (Å²) in [6, 6.07) is 2.27. The van der Waals surface area contributed by atoms with Gasteiger partial charge in [-0.15, -0.1) is 0 Å². The maximum atomic E-state index is 12.9. The van der Waals surface area contributed by atoms with Gasteiger partial charge in [-0.05, 0) is 105 Å². The molecule has 0 unspecified atom stereocenters. The number of hydrogen-bond acceptors (Lipinski definition) is 10. The summed E-state index contributed by atoms with van der Waals surface area (Å²) in [5, 5.41) is 12.0. The SMILES string of the molecule is CC(=O)O[C@H]1[C@H]2O[C@]23[C@@H]2CC[C@@H]4C[C@@H](OC(=O)CCCCCCC(=O)N[C@@H](CCCN=C(N)N)C(=O)O)CC[C@]4(C)[C@H]2CC[C@]3(C)[C@H]1c1ccc(=O)oc1. The van der Waals surface area contributed by atoms with Crippen molar-refractivity contribution in [1.82, 2.24) is 5.32 Å². The van der Waals surface area contributed by atoms with Crippen LogP contribution in [-0.2, 0) is 33.4 Å². The number of amides is 1. The summed E-state index contributed by atoms with van der Waals surface area (Å²) >= 11 is 0. The number of esters is 2. The highest BCUT2D eigenvalue weighted by atomic mass is 16.7. The van der Waals surface area contributed by atoms with E-state index >= 15 is 0 Å². The number of unbranched alkanes of at least 4 members (excludes halogenated alkanes) is 3. The average Bonchev–Trinajstić information content (AvgIpc) is 3.82. The van der Waals surface area contributed by atoms with Crippen LogP contribution in [0.1, 0.15) is 129 Å². The van der Waals surface area contributed by atoms with Crippen LogP contribution in [0.4, 0.5) is 0 Å². The number of nitrogens with one attached hydrogen (secondary N) is 1. The molecule has 14 heteroatoms. The summed E-state index contributed by atoms with van der Waals surface area (Å²) < 4.78 is 24.1. The monoisotopic (exact) mass is 754 g/mol. The summed E-state index contributed by atoms with van der Waals surface area (Å²) in [5.41, 5.74) is 10.5. The molecule has 4 aliphatic carbocycles. The molecular weight excluding hydrogens is 696 g/mol. The second-order valence-corrected chi connectivity index (χ2v) is 16.9.